The summed E-state index contributed by atoms with van der Waals surface area (Å²) in [5.41, 5.74) is 5.71. The van der Waals surface area contributed by atoms with Gasteiger partial charge in [-0.25, -0.2) is 0 Å². The molecule has 0 saturated carbocycles. The molecule has 0 aliphatic rings. The van der Waals surface area contributed by atoms with Crippen molar-refractivity contribution in [1.82, 2.24) is 15.2 Å². The van der Waals surface area contributed by atoms with Gasteiger partial charge in [-0.05, 0) is 24.1 Å². The van der Waals surface area contributed by atoms with Crippen molar-refractivity contribution >= 4 is 23.2 Å². The average Bonchev–Trinajstić information content (AvgIpc) is 2.71. The number of benzene rings is 1. The first-order chi connectivity index (χ1) is 9.56. The van der Waals surface area contributed by atoms with E-state index < -0.39 is 0 Å². The lowest BCUT2D eigenvalue weighted by Crippen LogP contribution is -2.30. The Bertz CT molecular complexity index is 595. The van der Waals surface area contributed by atoms with Crippen LogP contribution in [0, 0.1) is 0 Å². The molecule has 1 atom stereocenters. The molecule has 0 saturated heterocycles. The summed E-state index contributed by atoms with van der Waals surface area (Å²) in [7, 11) is 1.89. The highest BCUT2D eigenvalue weighted by Crippen LogP contribution is 2.27. The minimum atomic E-state index is -0.0636. The number of nitrogens with two attached hydrogens (primary N) is 1. The van der Waals surface area contributed by atoms with Gasteiger partial charge in [0, 0.05) is 18.5 Å². The summed E-state index contributed by atoms with van der Waals surface area (Å²) >= 11 is 12.4. The van der Waals surface area contributed by atoms with E-state index in [4.69, 9.17) is 29.0 Å². The molecular weight excluding hydrogens is 295 g/mol. The van der Waals surface area contributed by atoms with E-state index in [0.29, 0.717) is 11.4 Å². The van der Waals surface area contributed by atoms with Crippen LogP contribution in [0.4, 0.5) is 0 Å². The number of nitrogens with zero attached hydrogens (tertiary/aromatic N) is 2. The smallest absolute Gasteiger partial charge is 0.0850 e. The van der Waals surface area contributed by atoms with Crippen LogP contribution in [0.25, 0.3) is 0 Å². The molecule has 1 aromatic heterocycles. The first kappa shape index (κ1) is 15.3. The van der Waals surface area contributed by atoms with Crippen LogP contribution < -0.4 is 11.3 Å². The van der Waals surface area contributed by atoms with Crippen LogP contribution >= 0.6 is 23.2 Å². The molecule has 2 rings (SSSR count). The van der Waals surface area contributed by atoms with Gasteiger partial charge in [0.1, 0.15) is 0 Å². The fraction of sp³-hybridized carbons (Fsp3) is 0.357. The van der Waals surface area contributed by atoms with Gasteiger partial charge >= 0.3 is 0 Å². The summed E-state index contributed by atoms with van der Waals surface area (Å²) in [6.45, 7) is 2.04. The van der Waals surface area contributed by atoms with Crippen molar-refractivity contribution in [2.75, 3.05) is 0 Å². The molecule has 2 aromatic rings. The molecule has 0 fully saturated rings. The van der Waals surface area contributed by atoms with E-state index in [9.17, 15) is 0 Å². The van der Waals surface area contributed by atoms with Gasteiger partial charge in [0.25, 0.3) is 0 Å². The lowest BCUT2D eigenvalue weighted by Gasteiger charge is -2.17. The third kappa shape index (κ3) is 3.15. The molecule has 1 aromatic carbocycles. The molecular formula is C14H18Cl2N4. The lowest BCUT2D eigenvalue weighted by atomic mass is 10.0. The molecule has 6 heteroatoms. The van der Waals surface area contributed by atoms with Crippen molar-refractivity contribution < 1.29 is 0 Å². The van der Waals surface area contributed by atoms with Gasteiger partial charge in [-0.3, -0.25) is 16.0 Å². The van der Waals surface area contributed by atoms with Gasteiger partial charge in [-0.1, -0.05) is 42.3 Å². The van der Waals surface area contributed by atoms with Crippen molar-refractivity contribution in [3.8, 4) is 0 Å². The van der Waals surface area contributed by atoms with Gasteiger partial charge in [0.05, 0.1) is 22.5 Å². The number of rotatable bonds is 5. The first-order valence-electron chi connectivity index (χ1n) is 6.48. The number of hydrazine groups is 1. The monoisotopic (exact) mass is 312 g/mol. The zero-order valence-corrected chi connectivity index (χ0v) is 13.0. The Morgan fingerprint density at radius 3 is 2.70 bits per heavy atom. The highest BCUT2D eigenvalue weighted by Gasteiger charge is 2.18. The molecule has 3 N–H and O–H groups in total. The summed E-state index contributed by atoms with van der Waals surface area (Å²) in [4.78, 5) is 0. The summed E-state index contributed by atoms with van der Waals surface area (Å²) in [5.74, 6) is 5.68. The quantitative estimate of drug-likeness (QED) is 0.659. The second-order valence-corrected chi connectivity index (χ2v) is 5.48. The number of aryl methyl sites for hydroxylation is 2. The van der Waals surface area contributed by atoms with Crippen molar-refractivity contribution in [3.63, 3.8) is 0 Å². The van der Waals surface area contributed by atoms with E-state index in [2.05, 4.69) is 10.5 Å². The zero-order valence-electron chi connectivity index (χ0n) is 11.5. The molecule has 0 aliphatic heterocycles. The van der Waals surface area contributed by atoms with Crippen LogP contribution in [-0.2, 0) is 19.9 Å². The minimum Gasteiger partial charge on any atom is -0.271 e. The van der Waals surface area contributed by atoms with E-state index in [1.807, 2.05) is 42.9 Å². The fourth-order valence-electron chi connectivity index (χ4n) is 2.23. The van der Waals surface area contributed by atoms with Gasteiger partial charge in [0.15, 0.2) is 0 Å². The maximum atomic E-state index is 6.37. The second kappa shape index (κ2) is 6.59. The third-order valence-corrected chi connectivity index (χ3v) is 4.02. The van der Waals surface area contributed by atoms with Crippen LogP contribution in [0.15, 0.2) is 24.3 Å². The second-order valence-electron chi connectivity index (χ2n) is 4.66. The Hall–Kier alpha value is -1.07. The molecule has 0 amide bonds. The van der Waals surface area contributed by atoms with Crippen LogP contribution in [0.5, 0.6) is 0 Å². The van der Waals surface area contributed by atoms with Crippen LogP contribution in [0.3, 0.4) is 0 Å². The van der Waals surface area contributed by atoms with Gasteiger partial charge in [0.2, 0.25) is 0 Å². The standard InChI is InChI=1S/C14H18Cl2N4/c1-3-11-14(16)13(20(2)19-11)8-12(18-17)9-5-4-6-10(15)7-9/h4-7,12,18H,3,8,17H2,1-2H3. The van der Waals surface area contributed by atoms with Crippen molar-refractivity contribution in [2.24, 2.45) is 12.9 Å². The Balaban J connectivity index is 2.29. The van der Waals surface area contributed by atoms with Gasteiger partial charge in [-0.15, -0.1) is 0 Å². The maximum absolute atomic E-state index is 6.37. The molecule has 108 valence electrons. The minimum absolute atomic E-state index is 0.0636. The van der Waals surface area contributed by atoms with Crippen LogP contribution in [0.2, 0.25) is 10.0 Å². The summed E-state index contributed by atoms with van der Waals surface area (Å²) in [6.07, 6.45) is 1.46. The number of halogens is 2. The van der Waals surface area contributed by atoms with E-state index >= 15 is 0 Å². The third-order valence-electron chi connectivity index (χ3n) is 3.35. The van der Waals surface area contributed by atoms with Gasteiger partial charge < -0.3 is 0 Å². The average molecular weight is 313 g/mol. The molecule has 0 spiro atoms. The van der Waals surface area contributed by atoms with E-state index in [0.717, 1.165) is 28.4 Å². The van der Waals surface area contributed by atoms with Crippen LogP contribution in [0.1, 0.15) is 29.9 Å². The predicted molar refractivity (Wildman–Crippen MR) is 82.8 cm³/mol. The largest absolute Gasteiger partial charge is 0.271 e. The number of nitrogens with one attached hydrogen (secondary N) is 1. The fourth-order valence-corrected chi connectivity index (χ4v) is 2.80. The summed E-state index contributed by atoms with van der Waals surface area (Å²) < 4.78 is 1.82. The molecule has 20 heavy (non-hydrogen) atoms. The Morgan fingerprint density at radius 2 is 2.15 bits per heavy atom. The molecule has 0 radical (unpaired) electrons. The highest BCUT2D eigenvalue weighted by molar-refractivity contribution is 6.32. The first-order valence-corrected chi connectivity index (χ1v) is 7.24. The van der Waals surface area contributed by atoms with E-state index in [1.54, 1.807) is 0 Å². The Morgan fingerprint density at radius 1 is 1.40 bits per heavy atom. The molecule has 1 heterocycles. The molecule has 0 aliphatic carbocycles. The number of hydrogen-bond donors (Lipinski definition) is 2. The predicted octanol–water partition coefficient (Wildman–Crippen LogP) is 3.04. The number of aromatic nitrogens is 2. The Labute approximate surface area is 128 Å². The summed E-state index contributed by atoms with van der Waals surface area (Å²) in [5, 5.41) is 5.83. The molecule has 1 unspecified atom stereocenters. The number of hydrogen-bond acceptors (Lipinski definition) is 3. The highest BCUT2D eigenvalue weighted by atomic mass is 35.5. The topological polar surface area (TPSA) is 55.9 Å². The molecule has 4 nitrogen and oxygen atoms in total. The lowest BCUT2D eigenvalue weighted by molar-refractivity contribution is 0.530. The maximum Gasteiger partial charge on any atom is 0.0850 e. The summed E-state index contributed by atoms with van der Waals surface area (Å²) in [6, 6.07) is 7.57. The van der Waals surface area contributed by atoms with Crippen molar-refractivity contribution in [1.29, 1.82) is 0 Å². The van der Waals surface area contributed by atoms with Crippen LogP contribution in [-0.4, -0.2) is 9.78 Å². The Kier molecular flexibility index (Phi) is 5.05. The molecule has 0 bridgehead atoms. The zero-order chi connectivity index (χ0) is 14.7. The van der Waals surface area contributed by atoms with Crippen molar-refractivity contribution in [3.05, 3.63) is 51.3 Å². The normalized spacial score (nSPS) is 12.7. The van der Waals surface area contributed by atoms with Crippen molar-refractivity contribution in [2.45, 2.75) is 25.8 Å². The van der Waals surface area contributed by atoms with E-state index in [1.165, 1.54) is 0 Å². The van der Waals surface area contributed by atoms with Gasteiger partial charge in [-0.2, -0.15) is 5.10 Å². The SMILES string of the molecule is CCc1nn(C)c(CC(NN)c2cccc(Cl)c2)c1Cl. The van der Waals surface area contributed by atoms with E-state index in [-0.39, 0.29) is 6.04 Å².